The average Bonchev–Trinajstić information content (AvgIpc) is 2.07. The molecule has 0 saturated heterocycles. The van der Waals surface area contributed by atoms with E-state index in [1.54, 1.807) is 22.6 Å². The van der Waals surface area contributed by atoms with Gasteiger partial charge in [0.1, 0.15) is 15.1 Å². The van der Waals surface area contributed by atoms with E-state index in [0.717, 1.165) is 0 Å². The zero-order chi connectivity index (χ0) is 10.0. The third-order valence-corrected chi connectivity index (χ3v) is 2.42. The van der Waals surface area contributed by atoms with Crippen molar-refractivity contribution in [2.24, 2.45) is 5.73 Å². The van der Waals surface area contributed by atoms with Crippen LogP contribution in [0.4, 0.5) is 8.78 Å². The van der Waals surface area contributed by atoms with Crippen LogP contribution in [0.5, 0.6) is 5.75 Å². The van der Waals surface area contributed by atoms with Gasteiger partial charge in [0, 0.05) is 12.1 Å². The third kappa shape index (κ3) is 2.25. The fourth-order valence-corrected chi connectivity index (χ4v) is 1.47. The second-order valence-electron chi connectivity index (χ2n) is 2.35. The maximum absolute atomic E-state index is 12.2. The van der Waals surface area contributed by atoms with Crippen LogP contribution in [0, 0.1) is 3.70 Å². The number of aromatic nitrogens is 1. The van der Waals surface area contributed by atoms with Crippen LogP contribution >= 0.6 is 22.6 Å². The Bertz CT molecular complexity index is 320. The van der Waals surface area contributed by atoms with E-state index in [1.165, 1.54) is 6.07 Å². The van der Waals surface area contributed by atoms with Crippen LogP contribution in [0.2, 0.25) is 0 Å². The van der Waals surface area contributed by atoms with Crippen molar-refractivity contribution in [2.75, 3.05) is 0 Å². The largest absolute Gasteiger partial charge is 0.506 e. The van der Waals surface area contributed by atoms with Gasteiger partial charge in [0.2, 0.25) is 0 Å². The summed E-state index contributed by atoms with van der Waals surface area (Å²) < 4.78 is 24.8. The molecule has 0 saturated carbocycles. The number of pyridine rings is 1. The number of alkyl halides is 2. The highest BCUT2D eigenvalue weighted by Gasteiger charge is 2.16. The SMILES string of the molecule is NCc1cc(O)c(C(F)F)nc1I. The molecular formula is C7H7F2IN2O. The lowest BCUT2D eigenvalue weighted by Crippen LogP contribution is -2.03. The van der Waals surface area contributed by atoms with E-state index < -0.39 is 17.9 Å². The highest BCUT2D eigenvalue weighted by atomic mass is 127. The molecule has 6 heteroatoms. The minimum Gasteiger partial charge on any atom is -0.506 e. The number of hydrogen-bond donors (Lipinski definition) is 2. The first kappa shape index (κ1) is 10.6. The molecule has 1 aromatic rings. The summed E-state index contributed by atoms with van der Waals surface area (Å²) in [6.07, 6.45) is -2.76. The fourth-order valence-electron chi connectivity index (χ4n) is 0.837. The van der Waals surface area contributed by atoms with Gasteiger partial charge in [0.05, 0.1) is 0 Å². The van der Waals surface area contributed by atoms with Crippen molar-refractivity contribution in [1.29, 1.82) is 0 Å². The Kier molecular flexibility index (Phi) is 3.37. The van der Waals surface area contributed by atoms with Crippen LogP contribution < -0.4 is 5.73 Å². The quantitative estimate of drug-likeness (QED) is 0.646. The first-order chi connectivity index (χ1) is 6.06. The molecule has 0 amide bonds. The molecule has 3 N–H and O–H groups in total. The highest BCUT2D eigenvalue weighted by Crippen LogP contribution is 2.28. The van der Waals surface area contributed by atoms with E-state index in [-0.39, 0.29) is 6.54 Å². The molecule has 0 aliphatic rings. The fraction of sp³-hybridized carbons (Fsp3) is 0.286. The zero-order valence-corrected chi connectivity index (χ0v) is 8.62. The summed E-state index contributed by atoms with van der Waals surface area (Å²) >= 11 is 1.80. The molecule has 3 nitrogen and oxygen atoms in total. The second kappa shape index (κ2) is 4.14. The van der Waals surface area contributed by atoms with E-state index in [0.29, 0.717) is 9.26 Å². The Morgan fingerprint density at radius 2 is 2.23 bits per heavy atom. The van der Waals surface area contributed by atoms with Crippen LogP contribution in [-0.4, -0.2) is 10.1 Å². The van der Waals surface area contributed by atoms with Crippen molar-refractivity contribution in [1.82, 2.24) is 4.98 Å². The predicted molar refractivity (Wildman–Crippen MR) is 51.5 cm³/mol. The first-order valence-electron chi connectivity index (χ1n) is 3.42. The van der Waals surface area contributed by atoms with Gasteiger partial charge in [-0.15, -0.1) is 0 Å². The summed E-state index contributed by atoms with van der Waals surface area (Å²) in [5.74, 6) is -0.504. The summed E-state index contributed by atoms with van der Waals surface area (Å²) in [6.45, 7) is 0.169. The molecule has 0 spiro atoms. The Morgan fingerprint density at radius 3 is 2.69 bits per heavy atom. The molecule has 1 rings (SSSR count). The van der Waals surface area contributed by atoms with Crippen LogP contribution in [0.3, 0.4) is 0 Å². The summed E-state index contributed by atoms with van der Waals surface area (Å²) in [6, 6.07) is 1.22. The highest BCUT2D eigenvalue weighted by molar-refractivity contribution is 14.1. The van der Waals surface area contributed by atoms with Crippen LogP contribution in [0.25, 0.3) is 0 Å². The Hall–Kier alpha value is -0.500. The molecular weight excluding hydrogens is 293 g/mol. The smallest absolute Gasteiger partial charge is 0.284 e. The second-order valence-corrected chi connectivity index (χ2v) is 3.37. The van der Waals surface area contributed by atoms with E-state index in [2.05, 4.69) is 4.98 Å². The van der Waals surface area contributed by atoms with Gasteiger partial charge >= 0.3 is 0 Å². The van der Waals surface area contributed by atoms with Crippen molar-refractivity contribution in [3.63, 3.8) is 0 Å². The van der Waals surface area contributed by atoms with Gasteiger partial charge in [-0.1, -0.05) is 0 Å². The molecule has 0 unspecified atom stereocenters. The minimum atomic E-state index is -2.76. The molecule has 72 valence electrons. The molecule has 0 aliphatic heterocycles. The Labute approximate surface area is 87.1 Å². The van der Waals surface area contributed by atoms with E-state index >= 15 is 0 Å². The van der Waals surface area contributed by atoms with Gasteiger partial charge in [-0.25, -0.2) is 13.8 Å². The first-order valence-corrected chi connectivity index (χ1v) is 4.50. The van der Waals surface area contributed by atoms with Crippen molar-refractivity contribution in [3.05, 3.63) is 21.0 Å². The van der Waals surface area contributed by atoms with Gasteiger partial charge < -0.3 is 10.8 Å². The number of aromatic hydroxyl groups is 1. The van der Waals surface area contributed by atoms with Crippen molar-refractivity contribution in [3.8, 4) is 5.75 Å². The number of rotatable bonds is 2. The molecule has 0 atom stereocenters. The van der Waals surface area contributed by atoms with E-state index in [4.69, 9.17) is 10.8 Å². The summed E-state index contributed by atoms with van der Waals surface area (Å²) in [4.78, 5) is 3.55. The molecule has 1 aromatic heterocycles. The number of hydrogen-bond acceptors (Lipinski definition) is 3. The molecule has 1 heterocycles. The number of nitrogens with two attached hydrogens (primary N) is 1. The van der Waals surface area contributed by atoms with Gasteiger partial charge in [-0.05, 0) is 28.7 Å². The minimum absolute atomic E-state index is 0.169. The summed E-state index contributed by atoms with van der Waals surface area (Å²) in [5.41, 5.74) is 5.26. The molecule has 0 fully saturated rings. The molecule has 0 aromatic carbocycles. The number of nitrogens with zero attached hydrogens (tertiary/aromatic N) is 1. The van der Waals surface area contributed by atoms with Gasteiger partial charge in [-0.2, -0.15) is 0 Å². The topological polar surface area (TPSA) is 59.1 Å². The molecule has 0 bridgehead atoms. The van der Waals surface area contributed by atoms with Crippen molar-refractivity contribution < 1.29 is 13.9 Å². The maximum atomic E-state index is 12.2. The Morgan fingerprint density at radius 1 is 1.62 bits per heavy atom. The van der Waals surface area contributed by atoms with Gasteiger partial charge in [0.15, 0.2) is 0 Å². The van der Waals surface area contributed by atoms with Crippen LogP contribution in [0.1, 0.15) is 17.7 Å². The number of halogens is 3. The third-order valence-electron chi connectivity index (χ3n) is 1.48. The molecule has 0 aliphatic carbocycles. The van der Waals surface area contributed by atoms with E-state index in [9.17, 15) is 8.78 Å². The summed E-state index contributed by atoms with van der Waals surface area (Å²) in [7, 11) is 0. The monoisotopic (exact) mass is 300 g/mol. The van der Waals surface area contributed by atoms with Crippen LogP contribution in [-0.2, 0) is 6.54 Å². The standard InChI is InChI=1S/C7H7F2IN2O/c8-6(9)5-4(13)1-3(2-11)7(10)12-5/h1,6,13H,2,11H2. The molecule has 13 heavy (non-hydrogen) atoms. The van der Waals surface area contributed by atoms with Gasteiger partial charge in [-0.3, -0.25) is 0 Å². The normalized spacial score (nSPS) is 10.8. The predicted octanol–water partition coefficient (Wildman–Crippen LogP) is 1.79. The maximum Gasteiger partial charge on any atom is 0.284 e. The lowest BCUT2D eigenvalue weighted by molar-refractivity contribution is 0.141. The molecule has 0 radical (unpaired) electrons. The lowest BCUT2D eigenvalue weighted by atomic mass is 10.2. The average molecular weight is 300 g/mol. The van der Waals surface area contributed by atoms with Crippen molar-refractivity contribution >= 4 is 22.6 Å². The van der Waals surface area contributed by atoms with E-state index in [1.807, 2.05) is 0 Å². The Balaban J connectivity index is 3.20. The van der Waals surface area contributed by atoms with Crippen LogP contribution in [0.15, 0.2) is 6.07 Å². The van der Waals surface area contributed by atoms with Crippen molar-refractivity contribution in [2.45, 2.75) is 13.0 Å². The zero-order valence-electron chi connectivity index (χ0n) is 6.47. The lowest BCUT2D eigenvalue weighted by Gasteiger charge is -2.06. The summed E-state index contributed by atoms with van der Waals surface area (Å²) in [5, 5.41) is 9.12. The van der Waals surface area contributed by atoms with Gasteiger partial charge in [0.25, 0.3) is 6.43 Å².